The molecule has 3 aliphatic rings. The molecule has 3 heterocycles. The average Bonchev–Trinajstić information content (AvgIpc) is 3.39. The van der Waals surface area contributed by atoms with Gasteiger partial charge in [0.1, 0.15) is 11.7 Å². The van der Waals surface area contributed by atoms with Crippen LogP contribution in [0.3, 0.4) is 0 Å². The van der Waals surface area contributed by atoms with Crippen molar-refractivity contribution in [3.8, 4) is 28.7 Å². The minimum absolute atomic E-state index is 0.148. The van der Waals surface area contributed by atoms with E-state index in [1.54, 1.807) is 20.3 Å². The second-order valence-electron chi connectivity index (χ2n) is 7.67. The Morgan fingerprint density at radius 3 is 2.52 bits per heavy atom. The maximum Gasteiger partial charge on any atom is 0.343 e. The Balaban J connectivity index is 1.72. The molecule has 0 unspecified atom stereocenters. The molecule has 9 heteroatoms. The molecule has 0 bridgehead atoms. The predicted octanol–water partition coefficient (Wildman–Crippen LogP) is 1.68. The lowest BCUT2D eigenvalue weighted by Gasteiger charge is -2.39. The third-order valence-corrected chi connectivity index (χ3v) is 6.87. The first kappa shape index (κ1) is 20.3. The fraction of sp³-hybridized carbons (Fsp3) is 0.409. The molecule has 8 nitrogen and oxygen atoms in total. The van der Waals surface area contributed by atoms with Crippen LogP contribution in [0, 0.1) is 0 Å². The van der Waals surface area contributed by atoms with Crippen LogP contribution in [0.25, 0.3) is 0 Å². The van der Waals surface area contributed by atoms with Crippen LogP contribution < -0.4 is 28.1 Å². The highest BCUT2D eigenvalue weighted by molar-refractivity contribution is 6.36. The standard InChI is InChI=1S/C22H22NO7.Al/c1-23-8-7-11-9-14-20(29-10-28-14)21(27-4)15(11)17(23)18-12-5-6-13(25-2)19(26-3)16(12)22(24)30-18;/h5-6,17-18H,7-8,10H2,1-4H3;/t17-,18+;/m1./s1. The number of likely N-dealkylation sites (N-methyl/N-ethyl adjacent to an activating group) is 1. The average molecular weight is 439 g/mol. The van der Waals surface area contributed by atoms with E-state index in [-0.39, 0.29) is 12.8 Å². The van der Waals surface area contributed by atoms with Gasteiger partial charge in [-0.15, -0.1) is 0 Å². The van der Waals surface area contributed by atoms with E-state index >= 15 is 0 Å². The zero-order chi connectivity index (χ0) is 21.9. The molecule has 0 fully saturated rings. The Morgan fingerprint density at radius 2 is 1.81 bits per heavy atom. The summed E-state index contributed by atoms with van der Waals surface area (Å²) in [6, 6.07) is 3.40. The molecule has 2 radical (unpaired) electrons. The Bertz CT molecular complexity index is 1090. The van der Waals surface area contributed by atoms with E-state index in [0.717, 1.165) is 34.1 Å². The molecule has 2 aromatic carbocycles. The zero-order valence-electron chi connectivity index (χ0n) is 17.8. The van der Waals surface area contributed by atoms with E-state index in [9.17, 15) is 4.79 Å². The zero-order valence-corrected chi connectivity index (χ0v) is 19.0. The largest absolute Gasteiger partial charge is 0.493 e. The summed E-state index contributed by atoms with van der Waals surface area (Å²) in [5.74, 6) is 2.35. The van der Waals surface area contributed by atoms with Crippen LogP contribution in [-0.2, 0) is 11.2 Å². The van der Waals surface area contributed by atoms with E-state index in [2.05, 4.69) is 21.2 Å². The fourth-order valence-electron chi connectivity index (χ4n) is 4.87. The SMILES string of the molecule is COc1ccc2c(c1OC)C(=O)O[C@@H]2[C@H]1c2c([c]([Al])c3c(c2OC)OCO3)CCN1C. The molecule has 5 rings (SSSR count). The van der Waals surface area contributed by atoms with Gasteiger partial charge in [0.2, 0.25) is 12.5 Å². The summed E-state index contributed by atoms with van der Waals surface area (Å²) in [4.78, 5) is 15.1. The molecule has 0 saturated carbocycles. The molecule has 31 heavy (non-hydrogen) atoms. The maximum absolute atomic E-state index is 12.9. The van der Waals surface area contributed by atoms with Crippen molar-refractivity contribution in [3.63, 3.8) is 0 Å². The number of fused-ring (bicyclic) bond motifs is 3. The van der Waals surface area contributed by atoms with Crippen molar-refractivity contribution < 1.29 is 33.2 Å². The van der Waals surface area contributed by atoms with Gasteiger partial charge >= 0.3 is 5.97 Å². The van der Waals surface area contributed by atoms with Crippen LogP contribution in [0.1, 0.15) is 39.2 Å². The van der Waals surface area contributed by atoms with E-state index < -0.39 is 12.1 Å². The normalized spacial score (nSPS) is 21.4. The van der Waals surface area contributed by atoms with Gasteiger partial charge in [0.05, 0.1) is 27.4 Å². The number of nitrogens with zero attached hydrogens (tertiary/aromatic N) is 1. The Hall–Kier alpha value is -2.60. The van der Waals surface area contributed by atoms with Crippen molar-refractivity contribution in [2.24, 2.45) is 0 Å². The summed E-state index contributed by atoms with van der Waals surface area (Å²) in [6.07, 6.45) is 0.276. The van der Waals surface area contributed by atoms with Gasteiger partial charge in [-0.2, -0.15) is 0 Å². The lowest BCUT2D eigenvalue weighted by Crippen LogP contribution is -2.38. The van der Waals surface area contributed by atoms with Gasteiger partial charge in [-0.05, 0) is 25.1 Å². The molecule has 0 saturated heterocycles. The van der Waals surface area contributed by atoms with Crippen LogP contribution in [-0.4, -0.2) is 68.9 Å². The number of esters is 1. The van der Waals surface area contributed by atoms with Crippen molar-refractivity contribution in [3.05, 3.63) is 34.4 Å². The summed E-state index contributed by atoms with van der Waals surface area (Å²) in [6.45, 7) is 0.938. The molecule has 0 N–H and O–H groups in total. The Morgan fingerprint density at radius 1 is 1.06 bits per heavy atom. The number of hydrogen-bond donors (Lipinski definition) is 0. The van der Waals surface area contributed by atoms with Gasteiger partial charge in [0, 0.05) is 17.7 Å². The van der Waals surface area contributed by atoms with E-state index in [4.69, 9.17) is 28.4 Å². The number of rotatable bonds is 4. The molecule has 0 amide bonds. The van der Waals surface area contributed by atoms with Crippen LogP contribution in [0.5, 0.6) is 28.7 Å². The first-order valence-corrected chi connectivity index (χ1v) is 10.5. The number of carbonyl (C=O) groups excluding carboxylic acids is 1. The van der Waals surface area contributed by atoms with Gasteiger partial charge < -0.3 is 28.4 Å². The number of ether oxygens (including phenoxy) is 6. The lowest BCUT2D eigenvalue weighted by molar-refractivity contribution is 0.00880. The smallest absolute Gasteiger partial charge is 0.343 e. The summed E-state index contributed by atoms with van der Waals surface area (Å²) < 4.78 is 35.1. The first-order valence-electron chi connectivity index (χ1n) is 9.95. The molecular weight excluding hydrogens is 417 g/mol. The molecular formula is C22H22AlNO7. The maximum atomic E-state index is 12.9. The topological polar surface area (TPSA) is 75.7 Å². The minimum atomic E-state index is -0.537. The monoisotopic (exact) mass is 439 g/mol. The number of carbonyl (C=O) groups is 1. The molecule has 2 aromatic rings. The molecule has 160 valence electrons. The van der Waals surface area contributed by atoms with Crippen LogP contribution >= 0.6 is 0 Å². The first-order chi connectivity index (χ1) is 15.0. The fourth-order valence-corrected chi connectivity index (χ4v) is 5.38. The van der Waals surface area contributed by atoms with Gasteiger partial charge in [-0.3, -0.25) is 4.90 Å². The van der Waals surface area contributed by atoms with Crippen LogP contribution in [0.4, 0.5) is 0 Å². The van der Waals surface area contributed by atoms with Gasteiger partial charge in [-0.25, -0.2) is 4.79 Å². The minimum Gasteiger partial charge on any atom is -0.493 e. The highest BCUT2D eigenvalue weighted by atomic mass is 27.0. The van der Waals surface area contributed by atoms with Crippen molar-refractivity contribution in [1.82, 2.24) is 4.90 Å². The second-order valence-corrected chi connectivity index (χ2v) is 8.25. The van der Waals surface area contributed by atoms with E-state index in [0.29, 0.717) is 34.3 Å². The van der Waals surface area contributed by atoms with E-state index in [1.807, 2.05) is 13.1 Å². The number of cyclic esters (lactones) is 1. The molecule has 2 atom stereocenters. The van der Waals surface area contributed by atoms with E-state index in [1.165, 1.54) is 7.11 Å². The van der Waals surface area contributed by atoms with Gasteiger partial charge in [-0.1, -0.05) is 10.5 Å². The number of benzene rings is 2. The highest BCUT2D eigenvalue weighted by Gasteiger charge is 2.46. The Kier molecular flexibility index (Phi) is 4.93. The molecule has 0 spiro atoms. The number of methoxy groups -OCH3 is 3. The summed E-state index contributed by atoms with van der Waals surface area (Å²) in [5.41, 5.74) is 3.22. The second kappa shape index (κ2) is 7.52. The summed E-state index contributed by atoms with van der Waals surface area (Å²) in [5, 5.41) is 0. The van der Waals surface area contributed by atoms with Crippen molar-refractivity contribution >= 4 is 26.7 Å². The summed E-state index contributed by atoms with van der Waals surface area (Å²) >= 11 is 2.78. The van der Waals surface area contributed by atoms with Crippen LogP contribution in [0.15, 0.2) is 12.1 Å². The van der Waals surface area contributed by atoms with Crippen molar-refractivity contribution in [2.45, 2.75) is 18.6 Å². The van der Waals surface area contributed by atoms with Gasteiger partial charge in [0.25, 0.3) is 0 Å². The van der Waals surface area contributed by atoms with Gasteiger partial charge in [0.15, 0.2) is 39.3 Å². The Labute approximate surface area is 188 Å². The summed E-state index contributed by atoms with van der Waals surface area (Å²) in [7, 11) is 6.70. The third-order valence-electron chi connectivity index (χ3n) is 6.26. The quantitative estimate of drug-likeness (QED) is 0.526. The molecule has 3 aliphatic heterocycles. The lowest BCUT2D eigenvalue weighted by atomic mass is 9.85. The highest BCUT2D eigenvalue weighted by Crippen LogP contribution is 2.54. The van der Waals surface area contributed by atoms with Crippen molar-refractivity contribution in [1.29, 1.82) is 0 Å². The number of hydrogen-bond acceptors (Lipinski definition) is 8. The molecule has 0 aromatic heterocycles. The third kappa shape index (κ3) is 2.80. The van der Waals surface area contributed by atoms with Crippen molar-refractivity contribution in [2.75, 3.05) is 41.7 Å². The van der Waals surface area contributed by atoms with Crippen LogP contribution in [0.2, 0.25) is 0 Å². The molecule has 0 aliphatic carbocycles. The predicted molar refractivity (Wildman–Crippen MR) is 111 cm³/mol.